The average Bonchev–Trinajstić information content (AvgIpc) is 2.86. The zero-order chi connectivity index (χ0) is 22.5. The summed E-state index contributed by atoms with van der Waals surface area (Å²) >= 11 is 0. The Labute approximate surface area is 196 Å². The van der Waals surface area contributed by atoms with Crippen molar-refractivity contribution in [2.45, 2.75) is 19.8 Å². The molecular formula is C32H27N. The molecule has 0 saturated heterocycles. The molecule has 0 fully saturated rings. The SMILES string of the molecule is Cc1ccc(C2=C/C(c3cccc(-c4ccccc4)c3)=C\CC/C(c3ccccc3)=N\2)cc1. The summed E-state index contributed by atoms with van der Waals surface area (Å²) in [6, 6.07) is 38.6. The van der Waals surface area contributed by atoms with E-state index in [0.717, 1.165) is 29.8 Å². The fraction of sp³-hybridized carbons (Fsp3) is 0.0938. The van der Waals surface area contributed by atoms with Crippen molar-refractivity contribution < 1.29 is 0 Å². The van der Waals surface area contributed by atoms with Crippen LogP contribution in [-0.4, -0.2) is 5.71 Å². The fourth-order valence-corrected chi connectivity index (χ4v) is 4.23. The van der Waals surface area contributed by atoms with Crippen molar-refractivity contribution in [3.05, 3.63) is 144 Å². The smallest absolute Gasteiger partial charge is 0.0711 e. The molecule has 0 bridgehead atoms. The van der Waals surface area contributed by atoms with E-state index in [2.05, 4.69) is 128 Å². The summed E-state index contributed by atoms with van der Waals surface area (Å²) in [5.74, 6) is 0. The Morgan fingerprint density at radius 1 is 0.576 bits per heavy atom. The Balaban J connectivity index is 1.60. The van der Waals surface area contributed by atoms with Gasteiger partial charge in [0.2, 0.25) is 0 Å². The number of aliphatic imine (C=N–C) groups is 1. The molecule has 1 aliphatic heterocycles. The van der Waals surface area contributed by atoms with Crippen molar-refractivity contribution in [1.82, 2.24) is 0 Å². The number of hydrogen-bond donors (Lipinski definition) is 0. The van der Waals surface area contributed by atoms with E-state index in [-0.39, 0.29) is 0 Å². The predicted octanol–water partition coefficient (Wildman–Crippen LogP) is 8.37. The van der Waals surface area contributed by atoms with Gasteiger partial charge in [-0.05, 0) is 59.7 Å². The van der Waals surface area contributed by atoms with Crippen LogP contribution in [0, 0.1) is 6.92 Å². The molecule has 0 atom stereocenters. The first-order valence-corrected chi connectivity index (χ1v) is 11.5. The second kappa shape index (κ2) is 9.67. The summed E-state index contributed by atoms with van der Waals surface area (Å²) in [7, 11) is 0. The van der Waals surface area contributed by atoms with Crippen LogP contribution in [0.15, 0.2) is 126 Å². The summed E-state index contributed by atoms with van der Waals surface area (Å²) < 4.78 is 0. The molecule has 0 aromatic heterocycles. The Hall–Kier alpha value is -3.97. The van der Waals surface area contributed by atoms with Gasteiger partial charge in [0.1, 0.15) is 0 Å². The lowest BCUT2D eigenvalue weighted by molar-refractivity contribution is 1.09. The van der Waals surface area contributed by atoms with Gasteiger partial charge in [-0.25, -0.2) is 0 Å². The molecule has 0 saturated carbocycles. The highest BCUT2D eigenvalue weighted by molar-refractivity contribution is 6.04. The van der Waals surface area contributed by atoms with Gasteiger partial charge < -0.3 is 0 Å². The third-order valence-corrected chi connectivity index (χ3v) is 6.05. The highest BCUT2D eigenvalue weighted by Crippen LogP contribution is 2.30. The lowest BCUT2D eigenvalue weighted by atomic mass is 9.94. The van der Waals surface area contributed by atoms with E-state index in [0.29, 0.717) is 0 Å². The minimum Gasteiger partial charge on any atom is -0.252 e. The van der Waals surface area contributed by atoms with Crippen LogP contribution in [0.2, 0.25) is 0 Å². The fourth-order valence-electron chi connectivity index (χ4n) is 4.23. The maximum absolute atomic E-state index is 5.20. The van der Waals surface area contributed by atoms with Crippen LogP contribution in [0.3, 0.4) is 0 Å². The molecular weight excluding hydrogens is 398 g/mol. The van der Waals surface area contributed by atoms with E-state index in [1.807, 2.05) is 0 Å². The summed E-state index contributed by atoms with van der Waals surface area (Å²) in [6.45, 7) is 2.12. The first-order chi connectivity index (χ1) is 16.3. The van der Waals surface area contributed by atoms with E-state index < -0.39 is 0 Å². The van der Waals surface area contributed by atoms with Crippen molar-refractivity contribution in [3.63, 3.8) is 0 Å². The number of rotatable bonds is 4. The molecule has 1 aliphatic rings. The standard InChI is InChI=1S/C32H27N/c1-24-18-20-27(21-19-24)32-23-30(16-9-17-31(33-32)26-12-6-3-7-13-26)29-15-8-14-28(22-29)25-10-4-2-5-11-25/h2-8,10-16,18-23H,9,17H2,1H3/b30-16+,32-23-,33-31+. The minimum atomic E-state index is 0.912. The normalized spacial score (nSPS) is 18.6. The first-order valence-electron chi connectivity index (χ1n) is 11.5. The topological polar surface area (TPSA) is 12.4 Å². The maximum Gasteiger partial charge on any atom is 0.0711 e. The molecule has 0 aliphatic carbocycles. The molecule has 4 aromatic carbocycles. The molecule has 33 heavy (non-hydrogen) atoms. The largest absolute Gasteiger partial charge is 0.252 e. The van der Waals surface area contributed by atoms with Gasteiger partial charge in [0.25, 0.3) is 0 Å². The van der Waals surface area contributed by atoms with Crippen molar-refractivity contribution in [2.75, 3.05) is 0 Å². The van der Waals surface area contributed by atoms with Gasteiger partial charge in [-0.2, -0.15) is 0 Å². The van der Waals surface area contributed by atoms with E-state index in [9.17, 15) is 0 Å². The summed E-state index contributed by atoms with van der Waals surface area (Å²) in [5.41, 5.74) is 10.6. The van der Waals surface area contributed by atoms with Crippen LogP contribution in [0.25, 0.3) is 22.4 Å². The molecule has 1 heterocycles. The van der Waals surface area contributed by atoms with Crippen molar-refractivity contribution >= 4 is 17.0 Å². The first kappa shape index (κ1) is 20.9. The number of nitrogens with zero attached hydrogens (tertiary/aromatic N) is 1. The Kier molecular flexibility index (Phi) is 6.12. The van der Waals surface area contributed by atoms with Gasteiger partial charge in [-0.15, -0.1) is 0 Å². The van der Waals surface area contributed by atoms with Gasteiger partial charge in [0.05, 0.1) is 5.70 Å². The highest BCUT2D eigenvalue weighted by atomic mass is 14.8. The number of benzene rings is 4. The molecule has 0 N–H and O–H groups in total. The highest BCUT2D eigenvalue weighted by Gasteiger charge is 2.12. The zero-order valence-corrected chi connectivity index (χ0v) is 18.9. The van der Waals surface area contributed by atoms with E-state index >= 15 is 0 Å². The number of hydrogen-bond acceptors (Lipinski definition) is 1. The second-order valence-corrected chi connectivity index (χ2v) is 8.47. The molecule has 0 unspecified atom stereocenters. The third-order valence-electron chi connectivity index (χ3n) is 6.05. The predicted molar refractivity (Wildman–Crippen MR) is 141 cm³/mol. The third kappa shape index (κ3) is 4.94. The molecule has 5 rings (SSSR count). The summed E-state index contributed by atoms with van der Waals surface area (Å²) in [5, 5.41) is 0. The van der Waals surface area contributed by atoms with Crippen LogP contribution >= 0.6 is 0 Å². The molecule has 0 spiro atoms. The Bertz CT molecular complexity index is 1320. The van der Waals surface area contributed by atoms with Crippen LogP contribution in [-0.2, 0) is 0 Å². The quantitative estimate of drug-likeness (QED) is 0.311. The molecule has 0 amide bonds. The molecule has 1 heteroatoms. The monoisotopic (exact) mass is 425 g/mol. The lowest BCUT2D eigenvalue weighted by Crippen LogP contribution is -2.03. The lowest BCUT2D eigenvalue weighted by Gasteiger charge is -2.15. The van der Waals surface area contributed by atoms with Crippen molar-refractivity contribution in [1.29, 1.82) is 0 Å². The summed E-state index contributed by atoms with van der Waals surface area (Å²) in [4.78, 5) is 5.20. The molecule has 160 valence electrons. The van der Waals surface area contributed by atoms with Gasteiger partial charge in [0.15, 0.2) is 0 Å². The second-order valence-electron chi connectivity index (χ2n) is 8.47. The van der Waals surface area contributed by atoms with Gasteiger partial charge in [-0.1, -0.05) is 115 Å². The van der Waals surface area contributed by atoms with Crippen molar-refractivity contribution in [2.24, 2.45) is 4.99 Å². The van der Waals surface area contributed by atoms with Gasteiger partial charge >= 0.3 is 0 Å². The molecule has 0 radical (unpaired) electrons. The minimum absolute atomic E-state index is 0.912. The van der Waals surface area contributed by atoms with Crippen LogP contribution < -0.4 is 0 Å². The molecule has 1 nitrogen and oxygen atoms in total. The number of allylic oxidation sites excluding steroid dienone is 3. The van der Waals surface area contributed by atoms with Crippen LogP contribution in [0.1, 0.15) is 35.1 Å². The average molecular weight is 426 g/mol. The van der Waals surface area contributed by atoms with Crippen molar-refractivity contribution in [3.8, 4) is 11.1 Å². The molecule has 4 aromatic rings. The van der Waals surface area contributed by atoms with E-state index in [1.54, 1.807) is 0 Å². The van der Waals surface area contributed by atoms with Gasteiger partial charge in [0, 0.05) is 11.3 Å². The van der Waals surface area contributed by atoms with E-state index in [1.165, 1.54) is 33.4 Å². The number of aryl methyl sites for hydroxylation is 1. The van der Waals surface area contributed by atoms with E-state index in [4.69, 9.17) is 4.99 Å². The van der Waals surface area contributed by atoms with Crippen LogP contribution in [0.4, 0.5) is 0 Å². The Morgan fingerprint density at radius 2 is 1.21 bits per heavy atom. The summed E-state index contributed by atoms with van der Waals surface area (Å²) in [6.07, 6.45) is 6.47. The zero-order valence-electron chi connectivity index (χ0n) is 18.9. The maximum atomic E-state index is 5.20. The van der Waals surface area contributed by atoms with Gasteiger partial charge in [-0.3, -0.25) is 4.99 Å². The van der Waals surface area contributed by atoms with Crippen LogP contribution in [0.5, 0.6) is 0 Å². The Morgan fingerprint density at radius 3 is 1.94 bits per heavy atom.